The van der Waals surface area contributed by atoms with E-state index in [0.717, 1.165) is 0 Å². The second kappa shape index (κ2) is 2.96. The molecule has 1 atom stereocenters. The highest BCUT2D eigenvalue weighted by Gasteiger charge is 2.34. The lowest BCUT2D eigenvalue weighted by molar-refractivity contribution is -0.621. The molecule has 0 aliphatic carbocycles. The van der Waals surface area contributed by atoms with Gasteiger partial charge in [0.15, 0.2) is 0 Å². The predicted molar refractivity (Wildman–Crippen MR) is 37.1 cm³/mol. The summed E-state index contributed by atoms with van der Waals surface area (Å²) in [6.07, 6.45) is 0.194. The molecule has 0 radical (unpaired) electrons. The van der Waals surface area contributed by atoms with Gasteiger partial charge in [-0.25, -0.2) is 0 Å². The molecule has 1 unspecified atom stereocenters. The van der Waals surface area contributed by atoms with Crippen molar-refractivity contribution in [2.75, 3.05) is 0 Å². The van der Waals surface area contributed by atoms with Crippen molar-refractivity contribution >= 4 is 0 Å². The van der Waals surface area contributed by atoms with E-state index in [2.05, 4.69) is 0 Å². The Hall–Kier alpha value is -0.640. The zero-order valence-corrected chi connectivity index (χ0v) is 6.50. The molecule has 4 heteroatoms. The topological polar surface area (TPSA) is 63.4 Å². The van der Waals surface area contributed by atoms with E-state index in [1.54, 1.807) is 0 Å². The zero-order valence-electron chi connectivity index (χ0n) is 6.50. The number of nitrogens with zero attached hydrogens (tertiary/aromatic N) is 1. The Morgan fingerprint density at radius 2 is 2.10 bits per heavy atom. The third-order valence-electron chi connectivity index (χ3n) is 1.19. The normalized spacial score (nSPS) is 16.9. The van der Waals surface area contributed by atoms with E-state index in [4.69, 9.17) is 5.11 Å². The van der Waals surface area contributed by atoms with Crippen LogP contribution < -0.4 is 0 Å². The van der Waals surface area contributed by atoms with E-state index in [9.17, 15) is 10.1 Å². The first-order valence-corrected chi connectivity index (χ1v) is 3.23. The number of rotatable bonds is 3. The van der Waals surface area contributed by atoms with Crippen LogP contribution in [-0.2, 0) is 0 Å². The average molecular weight is 147 g/mol. The number of nitro groups is 1. The van der Waals surface area contributed by atoms with Crippen LogP contribution in [0.25, 0.3) is 0 Å². The van der Waals surface area contributed by atoms with E-state index in [-0.39, 0.29) is 12.3 Å². The van der Waals surface area contributed by atoms with Gasteiger partial charge in [0.05, 0.1) is 4.92 Å². The fraction of sp³-hybridized carbons (Fsp3) is 1.00. The summed E-state index contributed by atoms with van der Waals surface area (Å²) in [5.74, 6) is 0.139. The Balaban J connectivity index is 4.00. The average Bonchev–Trinajstić information content (AvgIpc) is 1.60. The lowest BCUT2D eigenvalue weighted by Gasteiger charge is -2.15. The van der Waals surface area contributed by atoms with Crippen LogP contribution in [-0.4, -0.2) is 15.8 Å². The van der Waals surface area contributed by atoms with Crippen molar-refractivity contribution in [1.82, 2.24) is 0 Å². The van der Waals surface area contributed by atoms with Crippen LogP contribution in [0.4, 0.5) is 0 Å². The predicted octanol–water partition coefficient (Wildman–Crippen LogP) is 1.02. The number of hydrogen-bond acceptors (Lipinski definition) is 3. The summed E-state index contributed by atoms with van der Waals surface area (Å²) in [5.41, 5.74) is -1.76. The molecule has 0 amide bonds. The van der Waals surface area contributed by atoms with Crippen LogP contribution >= 0.6 is 0 Å². The molecular formula is C6H13NO3. The minimum atomic E-state index is -1.76. The summed E-state index contributed by atoms with van der Waals surface area (Å²) >= 11 is 0. The van der Waals surface area contributed by atoms with Crippen molar-refractivity contribution in [3.8, 4) is 0 Å². The molecule has 0 spiro atoms. The second-order valence-electron chi connectivity index (χ2n) is 3.07. The quantitative estimate of drug-likeness (QED) is 0.368. The Morgan fingerprint density at radius 3 is 2.20 bits per heavy atom. The molecule has 0 fully saturated rings. The fourth-order valence-corrected chi connectivity index (χ4v) is 0.848. The Labute approximate surface area is 60.0 Å². The molecule has 0 aliphatic heterocycles. The molecule has 0 saturated heterocycles. The largest absolute Gasteiger partial charge is 0.331 e. The van der Waals surface area contributed by atoms with Gasteiger partial charge in [0.1, 0.15) is 0 Å². The number of aliphatic hydroxyl groups is 1. The zero-order chi connectivity index (χ0) is 8.36. The van der Waals surface area contributed by atoms with Crippen molar-refractivity contribution in [2.45, 2.75) is 32.9 Å². The van der Waals surface area contributed by atoms with Crippen molar-refractivity contribution in [3.63, 3.8) is 0 Å². The van der Waals surface area contributed by atoms with Crippen LogP contribution in [0.5, 0.6) is 0 Å². The van der Waals surface area contributed by atoms with Crippen molar-refractivity contribution in [3.05, 3.63) is 10.1 Å². The first-order chi connectivity index (χ1) is 4.36. The smallest absolute Gasteiger partial charge is 0.319 e. The van der Waals surface area contributed by atoms with E-state index in [0.29, 0.717) is 0 Å². The van der Waals surface area contributed by atoms with Crippen molar-refractivity contribution < 1.29 is 10.0 Å². The summed E-state index contributed by atoms with van der Waals surface area (Å²) in [6.45, 7) is 4.88. The Bertz CT molecular complexity index is 131. The maximum atomic E-state index is 10.1. The van der Waals surface area contributed by atoms with Gasteiger partial charge in [-0.3, -0.25) is 10.1 Å². The molecule has 1 N–H and O–H groups in total. The molecule has 0 aromatic rings. The van der Waals surface area contributed by atoms with Gasteiger partial charge in [-0.1, -0.05) is 13.8 Å². The van der Waals surface area contributed by atoms with Gasteiger partial charge in [0.2, 0.25) is 0 Å². The molecule has 60 valence electrons. The molecular weight excluding hydrogens is 134 g/mol. The molecule has 0 aromatic carbocycles. The van der Waals surface area contributed by atoms with E-state index in [1.165, 1.54) is 6.92 Å². The lowest BCUT2D eigenvalue weighted by atomic mass is 10.0. The van der Waals surface area contributed by atoms with E-state index < -0.39 is 10.6 Å². The minimum Gasteiger partial charge on any atom is -0.331 e. The summed E-state index contributed by atoms with van der Waals surface area (Å²) in [5, 5.41) is 19.2. The van der Waals surface area contributed by atoms with Crippen molar-refractivity contribution in [2.24, 2.45) is 5.92 Å². The van der Waals surface area contributed by atoms with Gasteiger partial charge in [0.25, 0.3) is 0 Å². The molecule has 4 nitrogen and oxygen atoms in total. The summed E-state index contributed by atoms with van der Waals surface area (Å²) in [6, 6.07) is 0. The van der Waals surface area contributed by atoms with Crippen LogP contribution in [0.3, 0.4) is 0 Å². The molecule has 0 heterocycles. The van der Waals surface area contributed by atoms with Crippen LogP contribution in [0.1, 0.15) is 27.2 Å². The highest BCUT2D eigenvalue weighted by Crippen LogP contribution is 2.15. The minimum absolute atomic E-state index is 0.139. The standard InChI is InChI=1S/C6H13NO3/c1-5(2)4-6(3,8)7(9)10/h5,8H,4H2,1-3H3. The van der Waals surface area contributed by atoms with E-state index >= 15 is 0 Å². The van der Waals surface area contributed by atoms with Crippen LogP contribution in [0.15, 0.2) is 0 Å². The van der Waals surface area contributed by atoms with Gasteiger partial charge in [-0.2, -0.15) is 0 Å². The molecule has 0 aliphatic rings. The SMILES string of the molecule is CC(C)CC(C)(O)[N+](=O)[O-]. The fourth-order valence-electron chi connectivity index (χ4n) is 0.848. The lowest BCUT2D eigenvalue weighted by Crippen LogP contribution is -2.35. The molecule has 0 saturated carbocycles. The summed E-state index contributed by atoms with van der Waals surface area (Å²) in [4.78, 5) is 9.45. The monoisotopic (exact) mass is 147 g/mol. The van der Waals surface area contributed by atoms with Gasteiger partial charge >= 0.3 is 5.72 Å². The molecule has 0 aromatic heterocycles. The van der Waals surface area contributed by atoms with Crippen LogP contribution in [0.2, 0.25) is 0 Å². The second-order valence-corrected chi connectivity index (χ2v) is 3.07. The van der Waals surface area contributed by atoms with Gasteiger partial charge < -0.3 is 5.11 Å². The van der Waals surface area contributed by atoms with Gasteiger partial charge in [-0.15, -0.1) is 0 Å². The van der Waals surface area contributed by atoms with E-state index in [1.807, 2.05) is 13.8 Å². The molecule has 0 bridgehead atoms. The molecule has 0 rings (SSSR count). The summed E-state index contributed by atoms with van der Waals surface area (Å²) in [7, 11) is 0. The number of hydrogen-bond donors (Lipinski definition) is 1. The first-order valence-electron chi connectivity index (χ1n) is 3.23. The highest BCUT2D eigenvalue weighted by molar-refractivity contribution is 4.60. The third-order valence-corrected chi connectivity index (χ3v) is 1.19. The van der Waals surface area contributed by atoms with Crippen LogP contribution in [0, 0.1) is 16.0 Å². The Morgan fingerprint density at radius 1 is 1.70 bits per heavy atom. The third kappa shape index (κ3) is 2.77. The van der Waals surface area contributed by atoms with Gasteiger partial charge in [0, 0.05) is 13.3 Å². The maximum Gasteiger partial charge on any atom is 0.319 e. The highest BCUT2D eigenvalue weighted by atomic mass is 16.7. The molecule has 10 heavy (non-hydrogen) atoms. The maximum absolute atomic E-state index is 10.1. The summed E-state index contributed by atoms with van der Waals surface area (Å²) < 4.78 is 0. The Kier molecular flexibility index (Phi) is 2.77. The van der Waals surface area contributed by atoms with Gasteiger partial charge in [-0.05, 0) is 5.92 Å². The first kappa shape index (κ1) is 9.36. The van der Waals surface area contributed by atoms with Crippen molar-refractivity contribution in [1.29, 1.82) is 0 Å².